The molecule has 3 amide bonds. The lowest BCUT2D eigenvalue weighted by Crippen LogP contribution is -2.37. The molecule has 1 aromatic heterocycles. The van der Waals surface area contributed by atoms with Crippen LogP contribution in [0.3, 0.4) is 0 Å². The number of imide groups is 1. The number of carbonyl (C=O) groups excluding carboxylic acids is 3. The van der Waals surface area contributed by atoms with Gasteiger partial charge in [0.25, 0.3) is 11.8 Å². The van der Waals surface area contributed by atoms with E-state index in [4.69, 9.17) is 23.2 Å². The maximum Gasteiger partial charge on any atom is 0.262 e. The quantitative estimate of drug-likeness (QED) is 0.560. The summed E-state index contributed by atoms with van der Waals surface area (Å²) in [6.07, 6.45) is 4.24. The Morgan fingerprint density at radius 2 is 1.70 bits per heavy atom. The highest BCUT2D eigenvalue weighted by Gasteiger charge is 2.37. The average molecular weight is 484 g/mol. The molecule has 3 heterocycles. The van der Waals surface area contributed by atoms with Gasteiger partial charge in [-0.25, -0.2) is 0 Å². The number of anilines is 1. The predicted molar refractivity (Wildman–Crippen MR) is 123 cm³/mol. The van der Waals surface area contributed by atoms with Crippen LogP contribution in [-0.2, 0) is 17.8 Å². The molecule has 168 valence electrons. The molecule has 2 aromatic carbocycles. The first-order valence-corrected chi connectivity index (χ1v) is 11.4. The van der Waals surface area contributed by atoms with Crippen LogP contribution in [0, 0.1) is 0 Å². The number of fused-ring (bicyclic) bond motifs is 2. The molecular weight excluding hydrogens is 465 g/mol. The number of carbonyl (C=O) groups is 3. The van der Waals surface area contributed by atoms with Crippen molar-refractivity contribution in [3.63, 3.8) is 0 Å². The van der Waals surface area contributed by atoms with Crippen LogP contribution in [0.5, 0.6) is 0 Å². The van der Waals surface area contributed by atoms with Gasteiger partial charge in [-0.15, -0.1) is 10.2 Å². The van der Waals surface area contributed by atoms with E-state index in [2.05, 4.69) is 20.1 Å². The average Bonchev–Trinajstić information content (AvgIpc) is 3.17. The first-order valence-electron chi connectivity index (χ1n) is 10.6. The van der Waals surface area contributed by atoms with Crippen LogP contribution in [0.1, 0.15) is 45.8 Å². The Hall–Kier alpha value is -3.23. The largest absolute Gasteiger partial charge is 0.325 e. The molecule has 2 aliphatic rings. The van der Waals surface area contributed by atoms with Gasteiger partial charge in [0.1, 0.15) is 12.4 Å². The van der Waals surface area contributed by atoms with Gasteiger partial charge < -0.3 is 9.88 Å². The van der Waals surface area contributed by atoms with Crippen molar-refractivity contribution in [2.45, 2.75) is 32.2 Å². The molecule has 8 nitrogen and oxygen atoms in total. The van der Waals surface area contributed by atoms with Gasteiger partial charge in [0.05, 0.1) is 21.2 Å². The smallest absolute Gasteiger partial charge is 0.262 e. The number of aromatic nitrogens is 3. The summed E-state index contributed by atoms with van der Waals surface area (Å²) in [5.41, 5.74) is 1.64. The maximum atomic E-state index is 12.7. The number of benzene rings is 2. The monoisotopic (exact) mass is 483 g/mol. The van der Waals surface area contributed by atoms with Crippen molar-refractivity contribution in [3.8, 4) is 11.4 Å². The summed E-state index contributed by atoms with van der Waals surface area (Å²) >= 11 is 11.9. The van der Waals surface area contributed by atoms with E-state index in [-0.39, 0.29) is 21.2 Å². The Morgan fingerprint density at radius 3 is 2.42 bits per heavy atom. The molecule has 5 rings (SSSR count). The molecule has 0 atom stereocenters. The highest BCUT2D eigenvalue weighted by Crippen LogP contribution is 2.31. The van der Waals surface area contributed by atoms with Gasteiger partial charge in [-0.05, 0) is 37.1 Å². The molecule has 0 bridgehead atoms. The Balaban J connectivity index is 1.32. The summed E-state index contributed by atoms with van der Waals surface area (Å²) in [6, 6.07) is 9.97. The van der Waals surface area contributed by atoms with Crippen molar-refractivity contribution in [1.82, 2.24) is 19.7 Å². The Kier molecular flexibility index (Phi) is 5.64. The van der Waals surface area contributed by atoms with Gasteiger partial charge in [-0.2, -0.15) is 0 Å². The molecular formula is C23H19Cl2N5O3. The zero-order valence-electron chi connectivity index (χ0n) is 17.5. The molecule has 0 radical (unpaired) electrons. The normalized spacial score (nSPS) is 15.3. The van der Waals surface area contributed by atoms with Crippen LogP contribution in [0.25, 0.3) is 11.4 Å². The molecule has 0 saturated carbocycles. The van der Waals surface area contributed by atoms with E-state index in [1.165, 1.54) is 12.1 Å². The molecule has 33 heavy (non-hydrogen) atoms. The minimum absolute atomic E-state index is 0.136. The molecule has 0 spiro atoms. The maximum absolute atomic E-state index is 12.7. The summed E-state index contributed by atoms with van der Waals surface area (Å²) < 4.78 is 2.13. The fraction of sp³-hybridized carbons (Fsp3) is 0.261. The number of nitrogens with zero attached hydrogens (tertiary/aromatic N) is 4. The van der Waals surface area contributed by atoms with E-state index in [1.54, 1.807) is 6.07 Å². The fourth-order valence-electron chi connectivity index (χ4n) is 4.21. The number of aryl methyl sites for hydroxylation is 1. The van der Waals surface area contributed by atoms with Gasteiger partial charge >= 0.3 is 0 Å². The van der Waals surface area contributed by atoms with E-state index >= 15 is 0 Å². The highest BCUT2D eigenvalue weighted by atomic mass is 35.5. The second kappa shape index (κ2) is 8.61. The minimum atomic E-state index is -0.580. The van der Waals surface area contributed by atoms with Crippen molar-refractivity contribution in [2.24, 2.45) is 0 Å². The van der Waals surface area contributed by atoms with Gasteiger partial charge in [-0.1, -0.05) is 41.8 Å². The van der Waals surface area contributed by atoms with E-state index < -0.39 is 24.3 Å². The summed E-state index contributed by atoms with van der Waals surface area (Å²) in [5, 5.41) is 11.8. The number of nitrogens with one attached hydrogen (secondary N) is 1. The third-order valence-electron chi connectivity index (χ3n) is 5.83. The molecule has 0 unspecified atom stereocenters. The van der Waals surface area contributed by atoms with Crippen LogP contribution in [0.4, 0.5) is 5.69 Å². The van der Waals surface area contributed by atoms with Crippen LogP contribution in [0.2, 0.25) is 10.0 Å². The summed E-state index contributed by atoms with van der Waals surface area (Å²) in [4.78, 5) is 38.8. The molecule has 3 aromatic rings. The third kappa shape index (κ3) is 4.00. The molecule has 0 saturated heterocycles. The molecule has 0 aliphatic carbocycles. The number of amides is 3. The van der Waals surface area contributed by atoms with Gasteiger partial charge in [-0.3, -0.25) is 19.3 Å². The van der Waals surface area contributed by atoms with Gasteiger partial charge in [0.15, 0.2) is 5.82 Å². The van der Waals surface area contributed by atoms with Crippen LogP contribution in [0.15, 0.2) is 36.4 Å². The lowest BCUT2D eigenvalue weighted by atomic mass is 10.1. The minimum Gasteiger partial charge on any atom is -0.325 e. The Morgan fingerprint density at radius 1 is 0.970 bits per heavy atom. The van der Waals surface area contributed by atoms with E-state index in [1.807, 2.05) is 18.2 Å². The lowest BCUT2D eigenvalue weighted by Gasteiger charge is -2.14. The standard InChI is InChI=1S/C23H19Cl2N5O3/c24-17-10-15-16(11-18(17)25)23(33)30(22(15)32)12-20(31)26-14-6-4-5-13(9-14)21-28-27-19-7-2-1-3-8-29(19)21/h4-6,9-11H,1-3,7-8,12H2,(H,26,31). The van der Waals surface area contributed by atoms with Gasteiger partial charge in [0, 0.05) is 24.2 Å². The zero-order valence-corrected chi connectivity index (χ0v) is 19.0. The number of hydrogen-bond acceptors (Lipinski definition) is 5. The second-order valence-corrected chi connectivity index (χ2v) is 8.85. The van der Waals surface area contributed by atoms with Crippen molar-refractivity contribution in [2.75, 3.05) is 11.9 Å². The van der Waals surface area contributed by atoms with E-state index in [0.29, 0.717) is 5.69 Å². The van der Waals surface area contributed by atoms with E-state index in [0.717, 1.165) is 54.3 Å². The predicted octanol–water partition coefficient (Wildman–Crippen LogP) is 4.21. The van der Waals surface area contributed by atoms with Crippen molar-refractivity contribution in [3.05, 3.63) is 63.4 Å². The molecule has 1 N–H and O–H groups in total. The van der Waals surface area contributed by atoms with Crippen molar-refractivity contribution < 1.29 is 14.4 Å². The van der Waals surface area contributed by atoms with Gasteiger partial charge in [0.2, 0.25) is 5.91 Å². The second-order valence-electron chi connectivity index (χ2n) is 8.04. The summed E-state index contributed by atoms with van der Waals surface area (Å²) in [7, 11) is 0. The zero-order chi connectivity index (χ0) is 23.1. The molecule has 0 fully saturated rings. The number of rotatable bonds is 4. The Bertz CT molecular complexity index is 1260. The SMILES string of the molecule is O=C(CN1C(=O)c2cc(Cl)c(Cl)cc2C1=O)Nc1cccc(-c2nnc3n2CCCCC3)c1. The lowest BCUT2D eigenvalue weighted by molar-refractivity contribution is -0.116. The summed E-state index contributed by atoms with van der Waals surface area (Å²) in [6.45, 7) is 0.439. The topological polar surface area (TPSA) is 97.2 Å². The summed E-state index contributed by atoms with van der Waals surface area (Å²) in [5.74, 6) is 0.0750. The third-order valence-corrected chi connectivity index (χ3v) is 6.55. The highest BCUT2D eigenvalue weighted by molar-refractivity contribution is 6.43. The van der Waals surface area contributed by atoms with Crippen molar-refractivity contribution >= 4 is 46.6 Å². The van der Waals surface area contributed by atoms with Crippen molar-refractivity contribution in [1.29, 1.82) is 0 Å². The number of halogens is 2. The molecule has 10 heteroatoms. The first-order chi connectivity index (χ1) is 15.9. The fourth-order valence-corrected chi connectivity index (χ4v) is 4.53. The van der Waals surface area contributed by atoms with E-state index in [9.17, 15) is 14.4 Å². The van der Waals surface area contributed by atoms with Crippen LogP contribution in [-0.4, -0.2) is 43.9 Å². The number of hydrogen-bond donors (Lipinski definition) is 1. The van der Waals surface area contributed by atoms with Crippen LogP contribution < -0.4 is 5.32 Å². The van der Waals surface area contributed by atoms with Crippen LogP contribution >= 0.6 is 23.2 Å². The first kappa shape index (κ1) is 21.6. The molecule has 2 aliphatic heterocycles. The Labute approximate surface area is 199 Å².